The molecule has 170 valence electrons. The standard InChI is InChI=1S/C24H25F2N3O2.ClH/c25-18-3-1-17(2-4-18)23-22(20-6-5-19(26)15-21(20)31-23)16-7-10-28(11-8-16)13-14-29-12-9-27-24(29)30;/h1-6,15-16H,7-14H2,(H,27,30);1H. The minimum absolute atomic E-state index is 0. The number of likely N-dealkylation sites (tertiary alicyclic amines) is 1. The molecule has 0 atom stereocenters. The summed E-state index contributed by atoms with van der Waals surface area (Å²) in [6.07, 6.45) is 1.90. The van der Waals surface area contributed by atoms with E-state index in [1.54, 1.807) is 18.2 Å². The summed E-state index contributed by atoms with van der Waals surface area (Å²) >= 11 is 0. The van der Waals surface area contributed by atoms with Crippen LogP contribution in [0.3, 0.4) is 0 Å². The molecule has 2 aliphatic rings. The zero-order valence-corrected chi connectivity index (χ0v) is 18.5. The first kappa shape index (κ1) is 22.6. The average Bonchev–Trinajstić information content (AvgIpc) is 3.36. The maximum atomic E-state index is 13.8. The minimum atomic E-state index is -0.334. The minimum Gasteiger partial charge on any atom is -0.456 e. The van der Waals surface area contributed by atoms with Gasteiger partial charge < -0.3 is 19.5 Å². The lowest BCUT2D eigenvalue weighted by Crippen LogP contribution is -2.40. The molecule has 0 radical (unpaired) electrons. The molecule has 0 unspecified atom stereocenters. The molecule has 2 fully saturated rings. The van der Waals surface area contributed by atoms with Crippen LogP contribution in [-0.2, 0) is 0 Å². The van der Waals surface area contributed by atoms with E-state index in [2.05, 4.69) is 10.2 Å². The Bertz CT molecular complexity index is 1090. The quantitative estimate of drug-likeness (QED) is 0.581. The van der Waals surface area contributed by atoms with Crippen LogP contribution in [0.25, 0.3) is 22.3 Å². The van der Waals surface area contributed by atoms with Crippen molar-refractivity contribution in [3.05, 3.63) is 59.7 Å². The van der Waals surface area contributed by atoms with Crippen LogP contribution in [0.1, 0.15) is 24.3 Å². The summed E-state index contributed by atoms with van der Waals surface area (Å²) in [7, 11) is 0. The van der Waals surface area contributed by atoms with Crippen LogP contribution < -0.4 is 5.32 Å². The zero-order valence-electron chi connectivity index (χ0n) is 17.7. The van der Waals surface area contributed by atoms with Crippen molar-refractivity contribution in [2.75, 3.05) is 39.3 Å². The Hall–Kier alpha value is -2.64. The summed E-state index contributed by atoms with van der Waals surface area (Å²) < 4.78 is 33.4. The van der Waals surface area contributed by atoms with Crippen LogP contribution in [0.2, 0.25) is 0 Å². The number of nitrogens with zero attached hydrogens (tertiary/aromatic N) is 2. The number of nitrogens with one attached hydrogen (secondary N) is 1. The Morgan fingerprint density at radius 1 is 0.969 bits per heavy atom. The summed E-state index contributed by atoms with van der Waals surface area (Å²) in [5, 5.41) is 3.76. The Balaban J connectivity index is 0.00000245. The fourth-order valence-electron chi connectivity index (χ4n) is 4.74. The van der Waals surface area contributed by atoms with E-state index in [0.29, 0.717) is 11.3 Å². The van der Waals surface area contributed by atoms with Gasteiger partial charge in [-0.25, -0.2) is 13.6 Å². The second-order valence-electron chi connectivity index (χ2n) is 8.33. The normalized spacial score (nSPS) is 17.6. The number of piperidine rings is 1. The first-order valence-electron chi connectivity index (χ1n) is 10.8. The molecule has 2 saturated heterocycles. The van der Waals surface area contributed by atoms with E-state index < -0.39 is 0 Å². The van der Waals surface area contributed by atoms with Gasteiger partial charge in [0.25, 0.3) is 0 Å². The number of halogens is 3. The lowest BCUT2D eigenvalue weighted by Gasteiger charge is -2.33. The van der Waals surface area contributed by atoms with Crippen LogP contribution in [0.5, 0.6) is 0 Å². The number of carbonyl (C=O) groups is 1. The summed E-state index contributed by atoms with van der Waals surface area (Å²) in [6, 6.07) is 11.0. The number of benzene rings is 2. The predicted molar refractivity (Wildman–Crippen MR) is 122 cm³/mol. The molecule has 2 aliphatic heterocycles. The molecule has 32 heavy (non-hydrogen) atoms. The molecular weight excluding hydrogens is 436 g/mol. The van der Waals surface area contributed by atoms with E-state index in [4.69, 9.17) is 4.42 Å². The molecule has 2 amide bonds. The largest absolute Gasteiger partial charge is 0.456 e. The van der Waals surface area contributed by atoms with E-state index in [9.17, 15) is 13.6 Å². The fraction of sp³-hybridized carbons (Fsp3) is 0.375. The van der Waals surface area contributed by atoms with Gasteiger partial charge >= 0.3 is 6.03 Å². The Morgan fingerprint density at radius 2 is 1.69 bits per heavy atom. The van der Waals surface area contributed by atoms with Crippen molar-refractivity contribution in [2.45, 2.75) is 18.8 Å². The molecule has 3 heterocycles. The van der Waals surface area contributed by atoms with Crippen molar-refractivity contribution in [1.82, 2.24) is 15.1 Å². The molecule has 3 aromatic rings. The molecule has 0 saturated carbocycles. The SMILES string of the molecule is Cl.O=C1NCCN1CCN1CCC(c2c(-c3ccc(F)cc3)oc3cc(F)ccc23)CC1. The van der Waals surface area contributed by atoms with Gasteiger partial charge in [0.15, 0.2) is 0 Å². The number of urea groups is 1. The van der Waals surface area contributed by atoms with E-state index in [0.717, 1.165) is 68.6 Å². The average molecular weight is 462 g/mol. The van der Waals surface area contributed by atoms with Crippen molar-refractivity contribution in [1.29, 1.82) is 0 Å². The third kappa shape index (κ3) is 4.45. The topological polar surface area (TPSA) is 48.7 Å². The number of fused-ring (bicyclic) bond motifs is 1. The van der Waals surface area contributed by atoms with E-state index in [1.165, 1.54) is 24.3 Å². The number of rotatable bonds is 5. The van der Waals surface area contributed by atoms with Gasteiger partial charge in [0.05, 0.1) is 0 Å². The molecule has 2 aromatic carbocycles. The molecule has 1 aromatic heterocycles. The fourth-order valence-corrected chi connectivity index (χ4v) is 4.74. The highest BCUT2D eigenvalue weighted by Gasteiger charge is 2.28. The molecular formula is C24H26ClF2N3O2. The van der Waals surface area contributed by atoms with Crippen LogP contribution in [0.4, 0.5) is 13.6 Å². The van der Waals surface area contributed by atoms with Gasteiger partial charge in [0.2, 0.25) is 0 Å². The van der Waals surface area contributed by atoms with Crippen molar-refractivity contribution >= 4 is 29.4 Å². The highest BCUT2D eigenvalue weighted by atomic mass is 35.5. The molecule has 5 nitrogen and oxygen atoms in total. The Kier molecular flexibility index (Phi) is 6.67. The molecule has 0 bridgehead atoms. The van der Waals surface area contributed by atoms with Crippen LogP contribution in [-0.4, -0.2) is 55.1 Å². The molecule has 0 spiro atoms. The van der Waals surface area contributed by atoms with Gasteiger partial charge in [0, 0.05) is 48.8 Å². The first-order valence-corrected chi connectivity index (χ1v) is 10.8. The number of furan rings is 1. The first-order chi connectivity index (χ1) is 15.1. The van der Waals surface area contributed by atoms with Crippen molar-refractivity contribution < 1.29 is 18.0 Å². The van der Waals surface area contributed by atoms with Crippen LogP contribution >= 0.6 is 12.4 Å². The van der Waals surface area contributed by atoms with Crippen molar-refractivity contribution in [2.24, 2.45) is 0 Å². The van der Waals surface area contributed by atoms with Crippen molar-refractivity contribution in [3.8, 4) is 11.3 Å². The lowest BCUT2D eigenvalue weighted by atomic mass is 9.86. The molecule has 0 aliphatic carbocycles. The van der Waals surface area contributed by atoms with Gasteiger partial charge in [-0.2, -0.15) is 0 Å². The van der Waals surface area contributed by atoms with Crippen LogP contribution in [0.15, 0.2) is 46.9 Å². The number of amides is 2. The number of carbonyl (C=O) groups excluding carboxylic acids is 1. The van der Waals surface area contributed by atoms with Gasteiger partial charge in [-0.3, -0.25) is 0 Å². The van der Waals surface area contributed by atoms with Gasteiger partial charge in [-0.15, -0.1) is 12.4 Å². The van der Waals surface area contributed by atoms with Crippen LogP contribution in [0, 0.1) is 11.6 Å². The second kappa shape index (κ2) is 9.46. The Labute approximate surface area is 191 Å². The van der Waals surface area contributed by atoms with Gasteiger partial charge in [-0.1, -0.05) is 0 Å². The maximum absolute atomic E-state index is 13.8. The third-order valence-electron chi connectivity index (χ3n) is 6.42. The zero-order chi connectivity index (χ0) is 21.4. The predicted octanol–water partition coefficient (Wildman–Crippen LogP) is 5.00. The summed E-state index contributed by atoms with van der Waals surface area (Å²) in [5.41, 5.74) is 2.41. The van der Waals surface area contributed by atoms with E-state index in [-0.39, 0.29) is 36.0 Å². The van der Waals surface area contributed by atoms with E-state index in [1.807, 2.05) is 4.90 Å². The second-order valence-corrected chi connectivity index (χ2v) is 8.33. The smallest absolute Gasteiger partial charge is 0.317 e. The third-order valence-corrected chi connectivity index (χ3v) is 6.42. The maximum Gasteiger partial charge on any atom is 0.317 e. The molecule has 8 heteroatoms. The van der Waals surface area contributed by atoms with E-state index >= 15 is 0 Å². The number of hydrogen-bond donors (Lipinski definition) is 1. The monoisotopic (exact) mass is 461 g/mol. The van der Waals surface area contributed by atoms with Crippen molar-refractivity contribution in [3.63, 3.8) is 0 Å². The summed E-state index contributed by atoms with van der Waals surface area (Å²) in [4.78, 5) is 16.0. The summed E-state index contributed by atoms with van der Waals surface area (Å²) in [6.45, 7) is 4.95. The van der Waals surface area contributed by atoms with Gasteiger partial charge in [-0.05, 0) is 68.2 Å². The highest BCUT2D eigenvalue weighted by Crippen LogP contribution is 2.42. The lowest BCUT2D eigenvalue weighted by molar-refractivity contribution is 0.181. The summed E-state index contributed by atoms with van der Waals surface area (Å²) in [5.74, 6) is 0.345. The highest BCUT2D eigenvalue weighted by molar-refractivity contribution is 5.88. The molecule has 1 N–H and O–H groups in total. The van der Waals surface area contributed by atoms with Gasteiger partial charge in [0.1, 0.15) is 23.0 Å². The Morgan fingerprint density at radius 3 is 2.38 bits per heavy atom. The number of hydrogen-bond acceptors (Lipinski definition) is 3. The molecule has 5 rings (SSSR count).